The Morgan fingerprint density at radius 1 is 1.33 bits per heavy atom. The van der Waals surface area contributed by atoms with Crippen molar-refractivity contribution >= 4 is 17.3 Å². The molecule has 21 heavy (non-hydrogen) atoms. The zero-order chi connectivity index (χ0) is 15.2. The second-order valence-corrected chi connectivity index (χ2v) is 4.70. The van der Waals surface area contributed by atoms with E-state index in [0.29, 0.717) is 12.2 Å². The highest BCUT2D eigenvalue weighted by Crippen LogP contribution is 2.30. The summed E-state index contributed by atoms with van der Waals surface area (Å²) < 4.78 is 5.74. The van der Waals surface area contributed by atoms with Crippen LogP contribution in [0.4, 0.5) is 11.5 Å². The van der Waals surface area contributed by atoms with Gasteiger partial charge in [-0.05, 0) is 30.7 Å². The minimum atomic E-state index is 0.0497. The van der Waals surface area contributed by atoms with Gasteiger partial charge in [-0.25, -0.2) is 4.98 Å². The maximum absolute atomic E-state index is 7.53. The quantitative estimate of drug-likeness (QED) is 0.631. The van der Waals surface area contributed by atoms with Crippen LogP contribution in [0.5, 0.6) is 5.75 Å². The van der Waals surface area contributed by atoms with Crippen molar-refractivity contribution < 1.29 is 4.74 Å². The molecule has 0 saturated heterocycles. The van der Waals surface area contributed by atoms with Crippen LogP contribution < -0.4 is 15.4 Å². The molecule has 0 spiro atoms. The van der Waals surface area contributed by atoms with Crippen LogP contribution >= 0.6 is 0 Å². The third-order valence-electron chi connectivity index (χ3n) is 3.07. The zero-order valence-corrected chi connectivity index (χ0v) is 12.3. The first-order valence-corrected chi connectivity index (χ1v) is 6.89. The highest BCUT2D eigenvalue weighted by molar-refractivity contribution is 5.96. The molecule has 0 aliphatic rings. The molecule has 0 radical (unpaired) electrons. The summed E-state index contributed by atoms with van der Waals surface area (Å²) in [7, 11) is 1.92. The van der Waals surface area contributed by atoms with Crippen LogP contribution in [-0.4, -0.2) is 24.5 Å². The van der Waals surface area contributed by atoms with E-state index in [2.05, 4.69) is 11.9 Å². The average molecular weight is 284 g/mol. The standard InChI is InChI=1S/C16H20N4O/c1-3-10-21-14-8-5-9-19-16(14)20(2)13-7-4-6-12(11-13)15(17)18/h4-9,11H,3,10H2,1-2H3,(H3,17,18). The molecule has 0 unspecified atom stereocenters. The number of hydrogen-bond acceptors (Lipinski definition) is 4. The summed E-state index contributed by atoms with van der Waals surface area (Å²) in [6.07, 6.45) is 2.68. The molecule has 2 aromatic rings. The fourth-order valence-corrected chi connectivity index (χ4v) is 1.96. The number of nitrogens with zero attached hydrogens (tertiary/aromatic N) is 2. The van der Waals surface area contributed by atoms with Gasteiger partial charge in [-0.15, -0.1) is 0 Å². The van der Waals surface area contributed by atoms with Crippen molar-refractivity contribution in [2.45, 2.75) is 13.3 Å². The van der Waals surface area contributed by atoms with Gasteiger partial charge in [0.25, 0.3) is 0 Å². The maximum Gasteiger partial charge on any atom is 0.175 e. The molecule has 0 aliphatic heterocycles. The summed E-state index contributed by atoms with van der Waals surface area (Å²) in [6.45, 7) is 2.72. The topological polar surface area (TPSA) is 75.2 Å². The van der Waals surface area contributed by atoms with Crippen molar-refractivity contribution in [2.24, 2.45) is 5.73 Å². The Bertz CT molecular complexity index is 627. The number of nitrogen functional groups attached to an aromatic ring is 1. The molecular formula is C16H20N4O. The smallest absolute Gasteiger partial charge is 0.175 e. The first kappa shape index (κ1) is 14.8. The number of nitrogens with two attached hydrogens (primary N) is 1. The highest BCUT2D eigenvalue weighted by atomic mass is 16.5. The molecule has 0 atom stereocenters. The fraction of sp³-hybridized carbons (Fsp3) is 0.250. The van der Waals surface area contributed by atoms with Crippen LogP contribution in [0.2, 0.25) is 0 Å². The Labute approximate surface area is 124 Å². The predicted octanol–water partition coefficient (Wildman–Crippen LogP) is 2.92. The van der Waals surface area contributed by atoms with E-state index in [1.807, 2.05) is 48.3 Å². The predicted molar refractivity (Wildman–Crippen MR) is 85.5 cm³/mol. The third kappa shape index (κ3) is 3.51. The maximum atomic E-state index is 7.53. The van der Waals surface area contributed by atoms with Gasteiger partial charge in [0.05, 0.1) is 6.61 Å². The number of anilines is 2. The third-order valence-corrected chi connectivity index (χ3v) is 3.07. The van der Waals surface area contributed by atoms with Gasteiger partial charge in [-0.3, -0.25) is 5.41 Å². The first-order valence-electron chi connectivity index (χ1n) is 6.89. The molecule has 1 heterocycles. The van der Waals surface area contributed by atoms with Crippen molar-refractivity contribution in [2.75, 3.05) is 18.6 Å². The van der Waals surface area contributed by atoms with Crippen LogP contribution in [0, 0.1) is 5.41 Å². The van der Waals surface area contributed by atoms with Crippen molar-refractivity contribution in [3.63, 3.8) is 0 Å². The van der Waals surface area contributed by atoms with E-state index >= 15 is 0 Å². The molecule has 5 nitrogen and oxygen atoms in total. The summed E-state index contributed by atoms with van der Waals surface area (Å²) in [5.41, 5.74) is 7.13. The number of ether oxygens (including phenoxy) is 1. The van der Waals surface area contributed by atoms with Crippen LogP contribution in [0.25, 0.3) is 0 Å². The van der Waals surface area contributed by atoms with E-state index in [4.69, 9.17) is 15.9 Å². The lowest BCUT2D eigenvalue weighted by Gasteiger charge is -2.21. The van der Waals surface area contributed by atoms with E-state index < -0.39 is 0 Å². The molecule has 3 N–H and O–H groups in total. The number of rotatable bonds is 6. The number of pyridine rings is 1. The Morgan fingerprint density at radius 2 is 2.14 bits per heavy atom. The van der Waals surface area contributed by atoms with Gasteiger partial charge >= 0.3 is 0 Å². The molecule has 0 aliphatic carbocycles. The molecule has 2 rings (SSSR count). The van der Waals surface area contributed by atoms with E-state index in [9.17, 15) is 0 Å². The SMILES string of the molecule is CCCOc1cccnc1N(C)c1cccc(C(=N)N)c1. The Balaban J connectivity index is 2.33. The summed E-state index contributed by atoms with van der Waals surface area (Å²) in [4.78, 5) is 6.33. The molecular weight excluding hydrogens is 264 g/mol. The second-order valence-electron chi connectivity index (χ2n) is 4.70. The fourth-order valence-electron chi connectivity index (χ4n) is 1.96. The molecule has 5 heteroatoms. The number of amidine groups is 1. The average Bonchev–Trinajstić information content (AvgIpc) is 2.52. The lowest BCUT2D eigenvalue weighted by Crippen LogP contribution is -2.15. The largest absolute Gasteiger partial charge is 0.490 e. The molecule has 1 aromatic heterocycles. The minimum Gasteiger partial charge on any atom is -0.490 e. The molecule has 1 aromatic carbocycles. The number of nitrogens with one attached hydrogen (secondary N) is 1. The normalized spacial score (nSPS) is 10.2. The van der Waals surface area contributed by atoms with E-state index in [1.165, 1.54) is 0 Å². The number of aromatic nitrogens is 1. The van der Waals surface area contributed by atoms with Gasteiger partial charge in [0.15, 0.2) is 11.6 Å². The summed E-state index contributed by atoms with van der Waals surface area (Å²) >= 11 is 0. The summed E-state index contributed by atoms with van der Waals surface area (Å²) in [5.74, 6) is 1.54. The van der Waals surface area contributed by atoms with Gasteiger partial charge < -0.3 is 15.4 Å². The van der Waals surface area contributed by atoms with Crippen LogP contribution in [0.3, 0.4) is 0 Å². The van der Waals surface area contributed by atoms with Crippen molar-refractivity contribution in [3.05, 3.63) is 48.2 Å². The lowest BCUT2D eigenvalue weighted by atomic mass is 10.1. The van der Waals surface area contributed by atoms with Crippen molar-refractivity contribution in [3.8, 4) is 5.75 Å². The van der Waals surface area contributed by atoms with Crippen LogP contribution in [0.1, 0.15) is 18.9 Å². The van der Waals surface area contributed by atoms with Gasteiger partial charge in [-0.1, -0.05) is 19.1 Å². The second kappa shape index (κ2) is 6.74. The Kier molecular flexibility index (Phi) is 4.77. The van der Waals surface area contributed by atoms with Crippen molar-refractivity contribution in [1.82, 2.24) is 4.98 Å². The summed E-state index contributed by atoms with van der Waals surface area (Å²) in [6, 6.07) is 11.3. The highest BCUT2D eigenvalue weighted by Gasteiger charge is 2.12. The van der Waals surface area contributed by atoms with Crippen molar-refractivity contribution in [1.29, 1.82) is 5.41 Å². The minimum absolute atomic E-state index is 0.0497. The monoisotopic (exact) mass is 284 g/mol. The number of benzene rings is 1. The Morgan fingerprint density at radius 3 is 2.86 bits per heavy atom. The molecule has 0 bridgehead atoms. The molecule has 0 amide bonds. The van der Waals surface area contributed by atoms with Gasteiger partial charge in [0.2, 0.25) is 0 Å². The molecule has 110 valence electrons. The van der Waals surface area contributed by atoms with Gasteiger partial charge in [0, 0.05) is 24.5 Å². The van der Waals surface area contributed by atoms with Crippen LogP contribution in [0.15, 0.2) is 42.6 Å². The van der Waals surface area contributed by atoms with E-state index in [-0.39, 0.29) is 5.84 Å². The van der Waals surface area contributed by atoms with E-state index in [1.54, 1.807) is 6.20 Å². The zero-order valence-electron chi connectivity index (χ0n) is 12.3. The van der Waals surface area contributed by atoms with Crippen LogP contribution in [-0.2, 0) is 0 Å². The molecule has 0 fully saturated rings. The van der Waals surface area contributed by atoms with Gasteiger partial charge in [-0.2, -0.15) is 0 Å². The lowest BCUT2D eigenvalue weighted by molar-refractivity contribution is 0.317. The molecule has 0 saturated carbocycles. The summed E-state index contributed by atoms with van der Waals surface area (Å²) in [5, 5.41) is 7.53. The van der Waals surface area contributed by atoms with E-state index in [0.717, 1.165) is 23.7 Å². The number of hydrogen-bond donors (Lipinski definition) is 2. The van der Waals surface area contributed by atoms with Gasteiger partial charge in [0.1, 0.15) is 5.84 Å². The first-order chi connectivity index (χ1) is 10.1. The Hall–Kier alpha value is -2.56.